The normalized spacial score (nSPS) is 11.0. The van der Waals surface area contributed by atoms with Crippen LogP contribution in [0, 0.1) is 0 Å². The predicted octanol–water partition coefficient (Wildman–Crippen LogP) is 3.36. The van der Waals surface area contributed by atoms with Gasteiger partial charge in [0.2, 0.25) is 9.84 Å². The number of hydrogen-bond donors (Lipinski definition) is 0. The van der Waals surface area contributed by atoms with Gasteiger partial charge < -0.3 is 9.64 Å². The van der Waals surface area contributed by atoms with Crippen molar-refractivity contribution in [1.82, 2.24) is 4.90 Å². The molecule has 0 heterocycles. The molecule has 0 spiro atoms. The average Bonchev–Trinajstić information content (AvgIpc) is 2.57. The van der Waals surface area contributed by atoms with Gasteiger partial charge in [-0.25, -0.2) is 13.2 Å². The fourth-order valence-corrected chi connectivity index (χ4v) is 3.53. The quantitative estimate of drug-likeness (QED) is 0.841. The molecule has 2 aromatic rings. The third-order valence-electron chi connectivity index (χ3n) is 3.41. The fourth-order valence-electron chi connectivity index (χ4n) is 2.12. The summed E-state index contributed by atoms with van der Waals surface area (Å²) in [5.41, 5.74) is 0. The minimum Gasteiger partial charge on any atom is -0.409 e. The second-order valence-corrected chi connectivity index (χ2v) is 6.72. The number of carbonyl (C=O) groups is 1. The molecule has 0 fully saturated rings. The van der Waals surface area contributed by atoms with Gasteiger partial charge in [0.1, 0.15) is 4.90 Å². The first kappa shape index (κ1) is 17.0. The minimum absolute atomic E-state index is 0.0216. The van der Waals surface area contributed by atoms with E-state index in [1.54, 1.807) is 30.3 Å². The van der Waals surface area contributed by atoms with Crippen molar-refractivity contribution < 1.29 is 17.9 Å². The van der Waals surface area contributed by atoms with Crippen molar-refractivity contribution >= 4 is 15.9 Å². The molecule has 0 saturated carbocycles. The fraction of sp³-hybridized carbons (Fsp3) is 0.235. The Morgan fingerprint density at radius 3 is 2.13 bits per heavy atom. The van der Waals surface area contributed by atoms with Crippen LogP contribution in [-0.2, 0) is 9.84 Å². The van der Waals surface area contributed by atoms with Crippen molar-refractivity contribution in [2.75, 3.05) is 13.1 Å². The number of amides is 1. The SMILES string of the molecule is CCN(CC)C(=O)Oc1ccccc1S(=O)(=O)c1ccccc1. The molecular weight excluding hydrogens is 314 g/mol. The highest BCUT2D eigenvalue weighted by atomic mass is 32.2. The van der Waals surface area contributed by atoms with Crippen LogP contribution in [0.4, 0.5) is 4.79 Å². The van der Waals surface area contributed by atoms with Gasteiger partial charge in [-0.3, -0.25) is 0 Å². The Hall–Kier alpha value is -2.34. The lowest BCUT2D eigenvalue weighted by Gasteiger charge is -2.19. The molecule has 23 heavy (non-hydrogen) atoms. The molecule has 6 heteroatoms. The summed E-state index contributed by atoms with van der Waals surface area (Å²) in [5.74, 6) is 0.0354. The van der Waals surface area contributed by atoms with Crippen LogP contribution in [0.2, 0.25) is 0 Å². The monoisotopic (exact) mass is 333 g/mol. The number of nitrogens with zero attached hydrogens (tertiary/aromatic N) is 1. The molecule has 2 rings (SSSR count). The Bertz CT molecular complexity index is 768. The van der Waals surface area contributed by atoms with Crippen LogP contribution >= 0.6 is 0 Å². The minimum atomic E-state index is -3.75. The summed E-state index contributed by atoms with van der Waals surface area (Å²) >= 11 is 0. The first-order valence-electron chi connectivity index (χ1n) is 7.36. The van der Waals surface area contributed by atoms with E-state index in [0.717, 1.165) is 0 Å². The molecule has 1 amide bonds. The number of ether oxygens (including phenoxy) is 1. The van der Waals surface area contributed by atoms with Crippen LogP contribution in [0.1, 0.15) is 13.8 Å². The van der Waals surface area contributed by atoms with Crippen LogP contribution in [0.3, 0.4) is 0 Å². The first-order chi connectivity index (χ1) is 11.0. The molecule has 2 aromatic carbocycles. The van der Waals surface area contributed by atoms with Crippen LogP contribution < -0.4 is 4.74 Å². The van der Waals surface area contributed by atoms with Gasteiger partial charge in [0.25, 0.3) is 0 Å². The Balaban J connectivity index is 2.40. The molecule has 0 N–H and O–H groups in total. The number of sulfone groups is 1. The van der Waals surface area contributed by atoms with E-state index in [2.05, 4.69) is 0 Å². The molecule has 0 bridgehead atoms. The molecule has 0 aliphatic heterocycles. The Kier molecular flexibility index (Phi) is 5.39. The molecule has 0 radical (unpaired) electrons. The summed E-state index contributed by atoms with van der Waals surface area (Å²) in [6, 6.07) is 14.2. The van der Waals surface area contributed by atoms with Crippen LogP contribution in [0.25, 0.3) is 0 Å². The standard InChI is InChI=1S/C17H19NO4S/c1-3-18(4-2)17(19)22-15-12-8-9-13-16(15)23(20,21)14-10-6-5-7-11-14/h5-13H,3-4H2,1-2H3. The number of rotatable bonds is 5. The number of para-hydroxylation sites is 1. The second kappa shape index (κ2) is 7.28. The van der Waals surface area contributed by atoms with Crippen LogP contribution in [0.15, 0.2) is 64.4 Å². The van der Waals surface area contributed by atoms with Crippen molar-refractivity contribution in [2.45, 2.75) is 23.6 Å². The largest absolute Gasteiger partial charge is 0.415 e. The maximum atomic E-state index is 12.7. The smallest absolute Gasteiger partial charge is 0.409 e. The van der Waals surface area contributed by atoms with Gasteiger partial charge in [-0.1, -0.05) is 30.3 Å². The van der Waals surface area contributed by atoms with Gasteiger partial charge in [-0.05, 0) is 38.1 Å². The topological polar surface area (TPSA) is 63.7 Å². The molecule has 0 aliphatic rings. The van der Waals surface area contributed by atoms with Gasteiger partial charge in [-0.2, -0.15) is 0 Å². The van der Waals surface area contributed by atoms with Crippen molar-refractivity contribution in [3.8, 4) is 5.75 Å². The maximum Gasteiger partial charge on any atom is 0.415 e. The van der Waals surface area contributed by atoms with E-state index in [1.165, 1.54) is 29.2 Å². The predicted molar refractivity (Wildman–Crippen MR) is 87.3 cm³/mol. The summed E-state index contributed by atoms with van der Waals surface area (Å²) in [5, 5.41) is 0. The van der Waals surface area contributed by atoms with Crippen molar-refractivity contribution in [3.05, 3.63) is 54.6 Å². The highest BCUT2D eigenvalue weighted by molar-refractivity contribution is 7.91. The zero-order valence-corrected chi connectivity index (χ0v) is 13.9. The van der Waals surface area contributed by atoms with Gasteiger partial charge in [0.15, 0.2) is 5.75 Å². The molecule has 0 unspecified atom stereocenters. The molecule has 122 valence electrons. The Morgan fingerprint density at radius 1 is 0.957 bits per heavy atom. The number of hydrogen-bond acceptors (Lipinski definition) is 4. The summed E-state index contributed by atoms with van der Waals surface area (Å²) in [4.78, 5) is 13.7. The van der Waals surface area contributed by atoms with Crippen molar-refractivity contribution in [3.63, 3.8) is 0 Å². The molecule has 0 saturated heterocycles. The average molecular weight is 333 g/mol. The zero-order chi connectivity index (χ0) is 16.9. The van der Waals surface area contributed by atoms with Gasteiger partial charge >= 0.3 is 6.09 Å². The molecule has 0 aliphatic carbocycles. The summed E-state index contributed by atoms with van der Waals surface area (Å²) in [7, 11) is -3.75. The summed E-state index contributed by atoms with van der Waals surface area (Å²) in [6.45, 7) is 4.64. The highest BCUT2D eigenvalue weighted by Crippen LogP contribution is 2.29. The van der Waals surface area contributed by atoms with E-state index in [1.807, 2.05) is 13.8 Å². The van der Waals surface area contributed by atoms with E-state index in [0.29, 0.717) is 13.1 Å². The maximum absolute atomic E-state index is 12.7. The van der Waals surface area contributed by atoms with Crippen LogP contribution in [-0.4, -0.2) is 32.5 Å². The molecule has 5 nitrogen and oxygen atoms in total. The second-order valence-electron chi connectivity index (χ2n) is 4.80. The summed E-state index contributed by atoms with van der Waals surface area (Å²) < 4.78 is 30.8. The number of benzene rings is 2. The lowest BCUT2D eigenvalue weighted by molar-refractivity contribution is 0.156. The molecule has 0 aromatic heterocycles. The zero-order valence-electron chi connectivity index (χ0n) is 13.1. The van der Waals surface area contributed by atoms with E-state index in [9.17, 15) is 13.2 Å². The first-order valence-corrected chi connectivity index (χ1v) is 8.85. The third kappa shape index (κ3) is 3.71. The lowest BCUT2D eigenvalue weighted by Crippen LogP contribution is -2.33. The summed E-state index contributed by atoms with van der Waals surface area (Å²) in [6.07, 6.45) is -0.564. The van der Waals surface area contributed by atoms with Crippen LogP contribution in [0.5, 0.6) is 5.75 Å². The molecule has 0 atom stereocenters. The van der Waals surface area contributed by atoms with E-state index >= 15 is 0 Å². The number of carbonyl (C=O) groups excluding carboxylic acids is 1. The van der Waals surface area contributed by atoms with E-state index in [-0.39, 0.29) is 15.5 Å². The van der Waals surface area contributed by atoms with Crippen molar-refractivity contribution in [1.29, 1.82) is 0 Å². The van der Waals surface area contributed by atoms with Crippen molar-refractivity contribution in [2.24, 2.45) is 0 Å². The third-order valence-corrected chi connectivity index (χ3v) is 5.22. The lowest BCUT2D eigenvalue weighted by atomic mass is 10.3. The van der Waals surface area contributed by atoms with Gasteiger partial charge in [0.05, 0.1) is 4.90 Å². The molecular formula is C17H19NO4S. The Labute approximate surface area is 136 Å². The Morgan fingerprint density at radius 2 is 1.52 bits per heavy atom. The highest BCUT2D eigenvalue weighted by Gasteiger charge is 2.24. The van der Waals surface area contributed by atoms with Gasteiger partial charge in [-0.15, -0.1) is 0 Å². The van der Waals surface area contributed by atoms with E-state index in [4.69, 9.17) is 4.74 Å². The van der Waals surface area contributed by atoms with Gasteiger partial charge in [0, 0.05) is 13.1 Å². The van der Waals surface area contributed by atoms with E-state index < -0.39 is 15.9 Å².